The number of carboxylic acids is 2. The number of aliphatic carboxylic acids is 2. The third-order valence-electron chi connectivity index (χ3n) is 7.47. The summed E-state index contributed by atoms with van der Waals surface area (Å²) in [6.07, 6.45) is 7.22. The van der Waals surface area contributed by atoms with Crippen molar-refractivity contribution < 1.29 is 33.8 Å². The number of carboxylic acid groups (broad SMARTS) is 2. The Kier molecular flexibility index (Phi) is 9.67. The standard InChI is InChI=1S/C22H31N3O3.2C2H4O2/c1-13-20(21-18(26)6-4-7-19(21)28-13)22(27)24-12-17-15-9-14(10-23-11-15)16-5-2-3-8-25(16)17;2*1-2(3)4/h14-17,23H,2-12H2,1H3,(H,24,27);2*1H3,(H,3,4)/t14-,15+,16+,17+;;/m1../s1. The van der Waals surface area contributed by atoms with E-state index in [2.05, 4.69) is 15.5 Å². The predicted octanol–water partition coefficient (Wildman–Crippen LogP) is 2.48. The highest BCUT2D eigenvalue weighted by Crippen LogP contribution is 2.39. The van der Waals surface area contributed by atoms with E-state index in [0.717, 1.165) is 52.2 Å². The van der Waals surface area contributed by atoms with Crippen LogP contribution >= 0.6 is 0 Å². The predicted molar refractivity (Wildman–Crippen MR) is 132 cm³/mol. The van der Waals surface area contributed by atoms with Gasteiger partial charge >= 0.3 is 0 Å². The van der Waals surface area contributed by atoms with Crippen LogP contribution in [0, 0.1) is 18.8 Å². The van der Waals surface area contributed by atoms with Crippen molar-refractivity contribution in [2.45, 2.75) is 77.8 Å². The zero-order chi connectivity index (χ0) is 26.4. The zero-order valence-electron chi connectivity index (χ0n) is 21.5. The van der Waals surface area contributed by atoms with Gasteiger partial charge in [-0.25, -0.2) is 0 Å². The van der Waals surface area contributed by atoms with E-state index in [0.29, 0.717) is 53.6 Å². The summed E-state index contributed by atoms with van der Waals surface area (Å²) >= 11 is 0. The number of fused-ring (bicyclic) bond motifs is 5. The van der Waals surface area contributed by atoms with Crippen molar-refractivity contribution in [3.8, 4) is 0 Å². The molecule has 36 heavy (non-hydrogen) atoms. The molecular formula is C26H39N3O7. The lowest BCUT2D eigenvalue weighted by atomic mass is 9.73. The van der Waals surface area contributed by atoms with E-state index >= 15 is 0 Å². The molecule has 4 aliphatic rings. The average Bonchev–Trinajstić information content (AvgIpc) is 3.15. The van der Waals surface area contributed by atoms with Crippen LogP contribution in [0.5, 0.6) is 0 Å². The van der Waals surface area contributed by atoms with Gasteiger partial charge in [0.25, 0.3) is 17.8 Å². The van der Waals surface area contributed by atoms with Gasteiger partial charge in [-0.1, -0.05) is 6.42 Å². The topological polar surface area (TPSA) is 149 Å². The Bertz CT molecular complexity index is 953. The molecule has 4 N–H and O–H groups in total. The smallest absolute Gasteiger partial charge is 0.300 e. The van der Waals surface area contributed by atoms with Gasteiger partial charge < -0.3 is 25.3 Å². The Balaban J connectivity index is 0.000000398. The van der Waals surface area contributed by atoms with Crippen molar-refractivity contribution in [2.24, 2.45) is 11.8 Å². The number of Topliss-reactive ketones (excluding diaryl/α,β-unsaturated/α-hetero) is 1. The molecule has 1 aliphatic carbocycles. The summed E-state index contributed by atoms with van der Waals surface area (Å²) in [5.41, 5.74) is 1.02. The molecule has 3 fully saturated rings. The summed E-state index contributed by atoms with van der Waals surface area (Å²) < 4.78 is 5.77. The van der Waals surface area contributed by atoms with Crippen molar-refractivity contribution in [3.05, 3.63) is 22.6 Å². The van der Waals surface area contributed by atoms with Gasteiger partial charge in [0.1, 0.15) is 11.5 Å². The average molecular weight is 506 g/mol. The molecule has 1 amide bonds. The Morgan fingerprint density at radius 2 is 1.72 bits per heavy atom. The fourth-order valence-corrected chi connectivity index (χ4v) is 6.22. The maximum Gasteiger partial charge on any atom is 0.300 e. The lowest BCUT2D eigenvalue weighted by Gasteiger charge is -2.55. The van der Waals surface area contributed by atoms with E-state index in [1.165, 1.54) is 25.7 Å². The number of hydrogen-bond donors (Lipinski definition) is 4. The first-order valence-electron chi connectivity index (χ1n) is 12.9. The quantitative estimate of drug-likeness (QED) is 0.486. The highest BCUT2D eigenvalue weighted by molar-refractivity contribution is 6.10. The minimum Gasteiger partial charge on any atom is -0.481 e. The maximum atomic E-state index is 13.1. The normalized spacial score (nSPS) is 26.7. The Hall–Kier alpha value is -2.72. The van der Waals surface area contributed by atoms with Crippen LogP contribution in [-0.2, 0) is 16.0 Å². The molecule has 10 nitrogen and oxygen atoms in total. The van der Waals surface area contributed by atoms with E-state index < -0.39 is 11.9 Å². The van der Waals surface area contributed by atoms with Crippen LogP contribution in [0.15, 0.2) is 4.42 Å². The number of nitrogens with zero attached hydrogens (tertiary/aromatic N) is 1. The Morgan fingerprint density at radius 1 is 1.06 bits per heavy atom. The van der Waals surface area contributed by atoms with E-state index in [-0.39, 0.29) is 11.7 Å². The fraction of sp³-hybridized carbons (Fsp3) is 0.692. The maximum absolute atomic E-state index is 13.1. The number of aryl methyl sites for hydroxylation is 2. The van der Waals surface area contributed by atoms with Crippen LogP contribution in [0.25, 0.3) is 0 Å². The summed E-state index contributed by atoms with van der Waals surface area (Å²) in [4.78, 5) is 46.2. The molecule has 0 spiro atoms. The van der Waals surface area contributed by atoms with Gasteiger partial charge in [0.05, 0.1) is 11.1 Å². The second-order valence-electron chi connectivity index (χ2n) is 10.1. The van der Waals surface area contributed by atoms with Crippen LogP contribution in [0.3, 0.4) is 0 Å². The van der Waals surface area contributed by atoms with E-state index in [1.54, 1.807) is 6.92 Å². The third kappa shape index (κ3) is 6.73. The molecule has 5 rings (SSSR count). The largest absolute Gasteiger partial charge is 0.481 e. The molecule has 0 saturated carbocycles. The molecule has 200 valence electrons. The summed E-state index contributed by atoms with van der Waals surface area (Å²) in [6, 6.07) is 1.04. The van der Waals surface area contributed by atoms with Crippen molar-refractivity contribution in [3.63, 3.8) is 0 Å². The first-order chi connectivity index (χ1) is 17.1. The van der Waals surface area contributed by atoms with Gasteiger partial charge in [0.15, 0.2) is 5.78 Å². The first-order valence-corrected chi connectivity index (χ1v) is 12.9. The van der Waals surface area contributed by atoms with Crippen LogP contribution < -0.4 is 10.6 Å². The second-order valence-corrected chi connectivity index (χ2v) is 10.1. The monoisotopic (exact) mass is 505 g/mol. The molecular weight excluding hydrogens is 466 g/mol. The minimum absolute atomic E-state index is 0.0522. The highest BCUT2D eigenvalue weighted by Gasteiger charge is 2.45. The first kappa shape index (κ1) is 27.9. The van der Waals surface area contributed by atoms with Crippen molar-refractivity contribution in [1.82, 2.24) is 15.5 Å². The molecule has 0 unspecified atom stereocenters. The highest BCUT2D eigenvalue weighted by atomic mass is 16.4. The molecule has 0 aromatic carbocycles. The molecule has 1 aromatic rings. The molecule has 4 atom stereocenters. The van der Waals surface area contributed by atoms with E-state index in [4.69, 9.17) is 24.2 Å². The van der Waals surface area contributed by atoms with Gasteiger partial charge in [0.2, 0.25) is 0 Å². The third-order valence-corrected chi connectivity index (χ3v) is 7.47. The van der Waals surface area contributed by atoms with Gasteiger partial charge in [-0.15, -0.1) is 0 Å². The molecule has 4 heterocycles. The molecule has 0 radical (unpaired) electrons. The molecule has 1 aromatic heterocycles. The summed E-state index contributed by atoms with van der Waals surface area (Å²) in [5.74, 6) is 0.873. The van der Waals surface area contributed by atoms with E-state index in [9.17, 15) is 9.59 Å². The summed E-state index contributed by atoms with van der Waals surface area (Å²) in [5, 5.41) is 21.6. The number of hydrogen-bond acceptors (Lipinski definition) is 7. The van der Waals surface area contributed by atoms with Crippen LogP contribution in [0.4, 0.5) is 0 Å². The van der Waals surface area contributed by atoms with Gasteiger partial charge in [0, 0.05) is 45.3 Å². The van der Waals surface area contributed by atoms with Crippen LogP contribution in [0.2, 0.25) is 0 Å². The Labute approximate surface area is 211 Å². The molecule has 3 saturated heterocycles. The number of rotatable bonds is 3. The number of amides is 1. The SMILES string of the molecule is CC(=O)O.CC(=O)O.Cc1oc2c(c1C(=O)NC[C@H]1[C@@H]3CNC[C@@H](C3)[C@@H]3CCCCN31)C(=O)CCC2. The lowest BCUT2D eigenvalue weighted by Crippen LogP contribution is -2.65. The van der Waals surface area contributed by atoms with Crippen molar-refractivity contribution >= 4 is 23.6 Å². The fourth-order valence-electron chi connectivity index (χ4n) is 6.22. The van der Waals surface area contributed by atoms with E-state index in [1.807, 2.05) is 0 Å². The number of furan rings is 1. The number of ketones is 1. The summed E-state index contributed by atoms with van der Waals surface area (Å²) in [6.45, 7) is 7.95. The Morgan fingerprint density at radius 3 is 2.42 bits per heavy atom. The van der Waals surface area contributed by atoms with Gasteiger partial charge in [-0.3, -0.25) is 24.1 Å². The van der Waals surface area contributed by atoms with Gasteiger partial charge in [-0.05, 0) is 64.1 Å². The van der Waals surface area contributed by atoms with Crippen LogP contribution in [0.1, 0.15) is 84.6 Å². The van der Waals surface area contributed by atoms with Crippen LogP contribution in [-0.4, -0.2) is 77.0 Å². The number of carbonyl (C=O) groups excluding carboxylic acids is 2. The number of piperidine rings is 3. The number of nitrogens with one attached hydrogen (secondary N) is 2. The van der Waals surface area contributed by atoms with Gasteiger partial charge in [-0.2, -0.15) is 0 Å². The molecule has 2 bridgehead atoms. The molecule has 3 aliphatic heterocycles. The van der Waals surface area contributed by atoms with Crippen molar-refractivity contribution in [2.75, 3.05) is 26.2 Å². The lowest BCUT2D eigenvalue weighted by molar-refractivity contribution is -0.135. The second kappa shape index (κ2) is 12.5. The minimum atomic E-state index is -0.833. The zero-order valence-corrected chi connectivity index (χ0v) is 21.5. The number of carbonyl (C=O) groups is 4. The van der Waals surface area contributed by atoms with Crippen molar-refractivity contribution in [1.29, 1.82) is 0 Å². The molecule has 10 heteroatoms. The summed E-state index contributed by atoms with van der Waals surface area (Å²) in [7, 11) is 0.